The van der Waals surface area contributed by atoms with Crippen LogP contribution in [0, 0.1) is 5.92 Å². The van der Waals surface area contributed by atoms with Gasteiger partial charge in [-0.1, -0.05) is 12.1 Å². The average molecular weight is 328 g/mol. The molecule has 5 nitrogen and oxygen atoms in total. The third-order valence-electron chi connectivity index (χ3n) is 4.67. The summed E-state index contributed by atoms with van der Waals surface area (Å²) in [6.45, 7) is 3.34. The Labute approximate surface area is 139 Å². The normalized spacial score (nSPS) is 26.2. The van der Waals surface area contributed by atoms with Crippen LogP contribution in [0.1, 0.15) is 22.6 Å². The van der Waals surface area contributed by atoms with E-state index < -0.39 is 0 Å². The number of aromatic nitrogens is 1. The van der Waals surface area contributed by atoms with Gasteiger partial charge in [-0.3, -0.25) is 4.79 Å². The lowest BCUT2D eigenvalue weighted by atomic mass is 9.97. The predicted octanol–water partition coefficient (Wildman–Crippen LogP) is 2.22. The van der Waals surface area contributed by atoms with Gasteiger partial charge >= 0.3 is 0 Å². The fourth-order valence-electron chi connectivity index (χ4n) is 3.62. The summed E-state index contributed by atoms with van der Waals surface area (Å²) in [4.78, 5) is 20.2. The maximum Gasteiger partial charge on any atom is 0.280 e. The van der Waals surface area contributed by atoms with Crippen LogP contribution in [0.25, 0.3) is 10.4 Å². The predicted molar refractivity (Wildman–Crippen MR) is 92.4 cm³/mol. The van der Waals surface area contributed by atoms with Gasteiger partial charge in [-0.05, 0) is 43.0 Å². The molecule has 1 aromatic heterocycles. The highest BCUT2D eigenvalue weighted by atomic mass is 32.1. The first-order valence-electron chi connectivity index (χ1n) is 8.02. The lowest BCUT2D eigenvalue weighted by Gasteiger charge is -2.30. The number of nitrogen functional groups attached to an aromatic ring is 1. The second-order valence-corrected chi connectivity index (χ2v) is 7.51. The lowest BCUT2D eigenvalue weighted by Crippen LogP contribution is -2.46. The fourth-order valence-corrected chi connectivity index (χ4v) is 4.43. The molecule has 23 heavy (non-hydrogen) atoms. The van der Waals surface area contributed by atoms with Crippen molar-refractivity contribution in [2.24, 2.45) is 5.92 Å². The molecule has 2 aliphatic rings. The van der Waals surface area contributed by atoms with E-state index >= 15 is 0 Å². The summed E-state index contributed by atoms with van der Waals surface area (Å²) in [5.74, 6) is 0.686. The number of nitrogens with one attached hydrogen (secondary N) is 1. The van der Waals surface area contributed by atoms with Crippen molar-refractivity contribution in [3.05, 3.63) is 35.5 Å². The lowest BCUT2D eigenvalue weighted by molar-refractivity contribution is 0.0909. The number of hydrogen-bond acceptors (Lipinski definition) is 5. The zero-order chi connectivity index (χ0) is 15.8. The monoisotopic (exact) mass is 328 g/mol. The molecule has 0 radical (unpaired) electrons. The van der Waals surface area contributed by atoms with Gasteiger partial charge in [0.25, 0.3) is 5.91 Å². The zero-order valence-corrected chi connectivity index (χ0v) is 13.7. The molecule has 2 bridgehead atoms. The van der Waals surface area contributed by atoms with Crippen molar-refractivity contribution >= 4 is 22.9 Å². The Morgan fingerprint density at radius 2 is 2.30 bits per heavy atom. The summed E-state index contributed by atoms with van der Waals surface area (Å²) >= 11 is 1.42. The first-order valence-corrected chi connectivity index (χ1v) is 8.84. The van der Waals surface area contributed by atoms with E-state index in [0.717, 1.165) is 29.3 Å². The number of benzene rings is 1. The smallest absolute Gasteiger partial charge is 0.280 e. The van der Waals surface area contributed by atoms with Crippen LogP contribution >= 0.6 is 11.3 Å². The Bertz CT molecular complexity index is 717. The van der Waals surface area contributed by atoms with Crippen LogP contribution < -0.4 is 11.1 Å². The molecule has 3 N–H and O–H groups in total. The molecule has 0 aliphatic carbocycles. The summed E-state index contributed by atoms with van der Waals surface area (Å²) in [5, 5.41) is 3.68. The number of piperidine rings is 1. The number of carbonyl (C=O) groups is 1. The number of rotatable bonds is 3. The van der Waals surface area contributed by atoms with Crippen molar-refractivity contribution in [3.63, 3.8) is 0 Å². The Kier molecular flexibility index (Phi) is 3.79. The molecule has 4 rings (SSSR count). The molecule has 2 fully saturated rings. The number of amides is 1. The van der Waals surface area contributed by atoms with E-state index in [9.17, 15) is 4.79 Å². The van der Waals surface area contributed by atoms with Gasteiger partial charge in [-0.15, -0.1) is 11.3 Å². The van der Waals surface area contributed by atoms with Gasteiger partial charge in [0.15, 0.2) is 5.01 Å². The van der Waals surface area contributed by atoms with Gasteiger partial charge in [-0.25, -0.2) is 4.98 Å². The number of anilines is 1. The van der Waals surface area contributed by atoms with Crippen molar-refractivity contribution < 1.29 is 4.79 Å². The minimum absolute atomic E-state index is 0.0577. The van der Waals surface area contributed by atoms with Crippen molar-refractivity contribution in [1.82, 2.24) is 15.2 Å². The highest BCUT2D eigenvalue weighted by Gasteiger charge is 2.33. The van der Waals surface area contributed by atoms with Gasteiger partial charge in [0.2, 0.25) is 0 Å². The van der Waals surface area contributed by atoms with Crippen molar-refractivity contribution in [2.75, 3.05) is 25.4 Å². The quantitative estimate of drug-likeness (QED) is 0.848. The molecule has 2 aliphatic heterocycles. The van der Waals surface area contributed by atoms with Crippen molar-refractivity contribution in [1.29, 1.82) is 0 Å². The van der Waals surface area contributed by atoms with Crippen LogP contribution in [0.5, 0.6) is 0 Å². The molecule has 1 amide bonds. The van der Waals surface area contributed by atoms with Crippen LogP contribution in [-0.4, -0.2) is 41.5 Å². The number of nitrogens with zero attached hydrogens (tertiary/aromatic N) is 2. The second-order valence-electron chi connectivity index (χ2n) is 6.48. The third kappa shape index (κ3) is 3.09. The van der Waals surface area contributed by atoms with Crippen LogP contribution in [0.2, 0.25) is 0 Å². The minimum atomic E-state index is -0.0577. The van der Waals surface area contributed by atoms with Crippen LogP contribution in [0.3, 0.4) is 0 Å². The Morgan fingerprint density at radius 1 is 1.39 bits per heavy atom. The van der Waals surface area contributed by atoms with E-state index in [4.69, 9.17) is 5.73 Å². The van der Waals surface area contributed by atoms with Gasteiger partial charge in [-0.2, -0.15) is 0 Å². The van der Waals surface area contributed by atoms with Gasteiger partial charge in [0, 0.05) is 31.0 Å². The number of nitrogens with two attached hydrogens (primary N) is 1. The topological polar surface area (TPSA) is 71.2 Å². The molecule has 1 aromatic carbocycles. The molecule has 0 saturated carbocycles. The third-order valence-corrected chi connectivity index (χ3v) is 5.72. The van der Waals surface area contributed by atoms with Crippen LogP contribution in [0.4, 0.5) is 5.69 Å². The summed E-state index contributed by atoms with van der Waals surface area (Å²) in [6.07, 6.45) is 4.11. The molecule has 2 aromatic rings. The standard InChI is InChI=1S/C17H20N4OS/c18-13-3-1-2-12(7-13)15-8-19-17(23-15)16(22)20-14-6-11-4-5-21(9-11)10-14/h1-3,7-8,11,14H,4-6,9-10,18H2,(H,20,22). The van der Waals surface area contributed by atoms with E-state index in [2.05, 4.69) is 15.2 Å². The van der Waals surface area contributed by atoms with Gasteiger partial charge in [0.1, 0.15) is 0 Å². The number of thiazole rings is 1. The largest absolute Gasteiger partial charge is 0.399 e. The van der Waals surface area contributed by atoms with E-state index in [1.165, 1.54) is 30.8 Å². The zero-order valence-electron chi connectivity index (χ0n) is 12.9. The summed E-state index contributed by atoms with van der Waals surface area (Å²) in [7, 11) is 0. The first-order chi connectivity index (χ1) is 11.2. The highest BCUT2D eigenvalue weighted by Crippen LogP contribution is 2.29. The SMILES string of the molecule is Nc1cccc(-c2cnc(C(=O)NC3CC4CCN(C4)C3)s2)c1. The van der Waals surface area contributed by atoms with E-state index in [-0.39, 0.29) is 11.9 Å². The number of hydrogen-bond donors (Lipinski definition) is 2. The second kappa shape index (κ2) is 5.94. The van der Waals surface area contributed by atoms with Crippen molar-refractivity contribution in [3.8, 4) is 10.4 Å². The average Bonchev–Trinajstić information content (AvgIpc) is 3.14. The fraction of sp³-hybridized carbons (Fsp3) is 0.412. The Morgan fingerprint density at radius 3 is 3.13 bits per heavy atom. The van der Waals surface area contributed by atoms with Crippen LogP contribution in [-0.2, 0) is 0 Å². The molecule has 0 spiro atoms. The molecule has 120 valence electrons. The van der Waals surface area contributed by atoms with E-state index in [0.29, 0.717) is 10.7 Å². The van der Waals surface area contributed by atoms with Gasteiger partial charge < -0.3 is 16.0 Å². The Hall–Kier alpha value is -1.92. The molecule has 3 atom stereocenters. The molecule has 2 saturated heterocycles. The van der Waals surface area contributed by atoms with Gasteiger partial charge in [0.05, 0.1) is 4.88 Å². The Balaban J connectivity index is 1.45. The molecule has 6 heteroatoms. The molecule has 3 heterocycles. The molecular weight excluding hydrogens is 308 g/mol. The summed E-state index contributed by atoms with van der Waals surface area (Å²) in [5.41, 5.74) is 7.54. The number of fused-ring (bicyclic) bond motifs is 2. The molecule has 3 unspecified atom stereocenters. The summed E-state index contributed by atoms with van der Waals surface area (Å²) < 4.78 is 0. The van der Waals surface area contributed by atoms with Crippen LogP contribution in [0.15, 0.2) is 30.5 Å². The molecular formula is C17H20N4OS. The maximum atomic E-state index is 12.5. The maximum absolute atomic E-state index is 12.5. The van der Waals surface area contributed by atoms with Crippen molar-refractivity contribution in [2.45, 2.75) is 18.9 Å². The van der Waals surface area contributed by atoms with E-state index in [1.54, 1.807) is 6.20 Å². The minimum Gasteiger partial charge on any atom is -0.399 e. The first kappa shape index (κ1) is 14.7. The number of carbonyl (C=O) groups excluding carboxylic acids is 1. The van der Waals surface area contributed by atoms with E-state index in [1.807, 2.05) is 24.3 Å². The summed E-state index contributed by atoms with van der Waals surface area (Å²) in [6, 6.07) is 7.91. The highest BCUT2D eigenvalue weighted by molar-refractivity contribution is 7.17.